The Morgan fingerprint density at radius 2 is 1.64 bits per heavy atom. The maximum absolute atomic E-state index is 14.5. The lowest BCUT2D eigenvalue weighted by Gasteiger charge is -2.32. The summed E-state index contributed by atoms with van der Waals surface area (Å²) in [5.74, 6) is -6.10. The molecule has 4 nitrogen and oxygen atoms in total. The van der Waals surface area contributed by atoms with Gasteiger partial charge in [0.05, 0.1) is 22.4 Å². The van der Waals surface area contributed by atoms with Gasteiger partial charge in [0.15, 0.2) is 17.4 Å². The largest absolute Gasteiger partial charge is 0.495 e. The van der Waals surface area contributed by atoms with Crippen LogP contribution >= 0.6 is 0 Å². The van der Waals surface area contributed by atoms with Crippen LogP contribution in [0, 0.1) is 17.5 Å². The number of anilines is 1. The van der Waals surface area contributed by atoms with E-state index in [1.807, 2.05) is 0 Å². The highest BCUT2D eigenvalue weighted by molar-refractivity contribution is 6.65. The minimum Gasteiger partial charge on any atom is -0.493 e. The number of halogens is 3. The van der Waals surface area contributed by atoms with Crippen LogP contribution in [-0.2, 0) is 9.31 Å². The normalized spacial score (nSPS) is 21.1. The molecule has 0 aromatic heterocycles. The average Bonchev–Trinajstić information content (AvgIpc) is 2.76. The summed E-state index contributed by atoms with van der Waals surface area (Å²) in [7, 11) is -4.24. The van der Waals surface area contributed by atoms with Crippen LogP contribution in [0.1, 0.15) is 31.8 Å². The van der Waals surface area contributed by atoms with Gasteiger partial charge in [-0.05, 0) is 45.3 Å². The minimum atomic E-state index is -3.10. The number of rotatable bonds is 2. The first-order valence-corrected chi connectivity index (χ1v) is 7.59. The molecule has 0 unspecified atom stereocenters. The van der Waals surface area contributed by atoms with Crippen molar-refractivity contribution in [2.45, 2.75) is 38.9 Å². The van der Waals surface area contributed by atoms with Gasteiger partial charge in [-0.25, -0.2) is 8.78 Å². The molecule has 2 N–H and O–H groups in total. The van der Waals surface area contributed by atoms with Crippen molar-refractivity contribution in [1.82, 2.24) is 0 Å². The first-order chi connectivity index (χ1) is 12.6. The summed E-state index contributed by atoms with van der Waals surface area (Å²) < 4.78 is 81.3. The maximum atomic E-state index is 14.5. The fourth-order valence-electron chi connectivity index (χ4n) is 2.79. The SMILES string of the molecule is [2H]C([2H])([2H])Oc1c(F)c(F)c(F)c2cc(N)cc(B3OC(C)(C)C(C)(C)O3)c12. The van der Waals surface area contributed by atoms with Gasteiger partial charge in [0.2, 0.25) is 5.82 Å². The third-order valence-corrected chi connectivity index (χ3v) is 4.85. The van der Waals surface area contributed by atoms with Crippen molar-refractivity contribution in [3.05, 3.63) is 29.6 Å². The molecule has 0 aliphatic carbocycles. The molecule has 0 amide bonds. The molecular formula is C17H19BF3NO3. The highest BCUT2D eigenvalue weighted by atomic mass is 19.2. The van der Waals surface area contributed by atoms with Gasteiger partial charge >= 0.3 is 7.12 Å². The highest BCUT2D eigenvalue weighted by Gasteiger charge is 2.52. The molecule has 2 aromatic carbocycles. The summed E-state index contributed by atoms with van der Waals surface area (Å²) in [5, 5.41) is -0.761. The number of hydrogen-bond donors (Lipinski definition) is 1. The average molecular weight is 356 g/mol. The molecule has 134 valence electrons. The molecule has 0 radical (unpaired) electrons. The number of fused-ring (bicyclic) bond motifs is 1. The van der Waals surface area contributed by atoms with Gasteiger partial charge in [-0.3, -0.25) is 0 Å². The van der Waals surface area contributed by atoms with Crippen molar-refractivity contribution in [3.8, 4) is 5.75 Å². The molecular weight excluding hydrogens is 334 g/mol. The summed E-state index contributed by atoms with van der Waals surface area (Å²) in [5.41, 5.74) is 4.29. The number of nitrogens with two attached hydrogens (primary N) is 1. The molecule has 25 heavy (non-hydrogen) atoms. The molecule has 0 spiro atoms. The zero-order chi connectivity index (χ0) is 21.2. The molecule has 0 bridgehead atoms. The van der Waals surface area contributed by atoms with E-state index in [4.69, 9.17) is 23.9 Å². The van der Waals surface area contributed by atoms with Crippen molar-refractivity contribution in [1.29, 1.82) is 0 Å². The van der Waals surface area contributed by atoms with E-state index in [1.165, 1.54) is 6.07 Å². The van der Waals surface area contributed by atoms with Crippen molar-refractivity contribution < 1.29 is 31.3 Å². The zero-order valence-electron chi connectivity index (χ0n) is 17.2. The summed E-state index contributed by atoms with van der Waals surface area (Å²) >= 11 is 0. The Bertz CT molecular complexity index is 951. The minimum absolute atomic E-state index is 0.0296. The molecule has 0 atom stereocenters. The Labute approximate surface area is 148 Å². The smallest absolute Gasteiger partial charge is 0.493 e. The van der Waals surface area contributed by atoms with E-state index >= 15 is 0 Å². The summed E-state index contributed by atoms with van der Waals surface area (Å²) in [6.45, 7) is 7.06. The third-order valence-electron chi connectivity index (χ3n) is 4.85. The van der Waals surface area contributed by atoms with Crippen LogP contribution in [-0.4, -0.2) is 25.4 Å². The second-order valence-corrected chi connectivity index (χ2v) is 6.99. The van der Waals surface area contributed by atoms with Gasteiger partial charge < -0.3 is 19.8 Å². The molecule has 1 aliphatic rings. The van der Waals surface area contributed by atoms with Crippen molar-refractivity contribution in [3.63, 3.8) is 0 Å². The Balaban J connectivity index is 2.35. The zero-order valence-corrected chi connectivity index (χ0v) is 14.2. The van der Waals surface area contributed by atoms with E-state index in [0.29, 0.717) is 0 Å². The van der Waals surface area contributed by atoms with Crippen LogP contribution in [0.25, 0.3) is 10.8 Å². The number of methoxy groups -OCH3 is 1. The van der Waals surface area contributed by atoms with Crippen LogP contribution in [0.4, 0.5) is 18.9 Å². The molecule has 0 saturated carbocycles. The molecule has 1 heterocycles. The van der Waals surface area contributed by atoms with Crippen LogP contribution in [0.3, 0.4) is 0 Å². The first kappa shape index (κ1) is 14.3. The highest BCUT2D eigenvalue weighted by Crippen LogP contribution is 2.39. The van der Waals surface area contributed by atoms with Crippen LogP contribution in [0.15, 0.2) is 12.1 Å². The second-order valence-electron chi connectivity index (χ2n) is 6.99. The van der Waals surface area contributed by atoms with Gasteiger partial charge in [-0.15, -0.1) is 0 Å². The maximum Gasteiger partial charge on any atom is 0.495 e. The van der Waals surface area contributed by atoms with E-state index < -0.39 is 53.9 Å². The van der Waals surface area contributed by atoms with Crippen LogP contribution in [0.5, 0.6) is 5.75 Å². The lowest BCUT2D eigenvalue weighted by atomic mass is 9.75. The van der Waals surface area contributed by atoms with Crippen molar-refractivity contribution in [2.75, 3.05) is 12.8 Å². The molecule has 1 saturated heterocycles. The van der Waals surface area contributed by atoms with Gasteiger partial charge in [-0.2, -0.15) is 4.39 Å². The first-order valence-electron chi connectivity index (χ1n) is 9.09. The van der Waals surface area contributed by atoms with Crippen LogP contribution in [0.2, 0.25) is 0 Å². The molecule has 1 fully saturated rings. The fourth-order valence-corrected chi connectivity index (χ4v) is 2.79. The Morgan fingerprint density at radius 3 is 2.20 bits per heavy atom. The molecule has 2 aromatic rings. The number of benzene rings is 2. The number of ether oxygens (including phenoxy) is 1. The van der Waals surface area contributed by atoms with Crippen LogP contribution < -0.4 is 15.9 Å². The lowest BCUT2D eigenvalue weighted by Crippen LogP contribution is -2.41. The van der Waals surface area contributed by atoms with E-state index in [1.54, 1.807) is 27.7 Å². The van der Waals surface area contributed by atoms with Crippen molar-refractivity contribution in [2.24, 2.45) is 0 Å². The Kier molecular flexibility index (Phi) is 3.16. The van der Waals surface area contributed by atoms with E-state index in [9.17, 15) is 13.2 Å². The Morgan fingerprint density at radius 1 is 1.04 bits per heavy atom. The predicted octanol–water partition coefficient (Wildman–Crippen LogP) is 3.15. The monoisotopic (exact) mass is 356 g/mol. The summed E-state index contributed by atoms with van der Waals surface area (Å²) in [4.78, 5) is 0. The summed E-state index contributed by atoms with van der Waals surface area (Å²) in [6.07, 6.45) is 0. The standard InChI is InChI=1S/C17H19BF3NO3/c1-16(2)17(3,4)25-18(24-16)10-7-8(22)6-9-11(10)15(23-5)14(21)13(20)12(9)19/h6-7H,22H2,1-5H3/i5D3. The van der Waals surface area contributed by atoms with Gasteiger partial charge in [0, 0.05) is 16.5 Å². The molecule has 1 aliphatic heterocycles. The number of nitrogen functional groups attached to an aromatic ring is 1. The number of hydrogen-bond acceptors (Lipinski definition) is 4. The fraction of sp³-hybridized carbons (Fsp3) is 0.412. The van der Waals surface area contributed by atoms with Gasteiger partial charge in [-0.1, -0.05) is 0 Å². The van der Waals surface area contributed by atoms with Gasteiger partial charge in [0.25, 0.3) is 0 Å². The predicted molar refractivity (Wildman–Crippen MR) is 90.5 cm³/mol. The van der Waals surface area contributed by atoms with Crippen molar-refractivity contribution >= 4 is 29.0 Å². The molecule has 3 rings (SSSR count). The molecule has 8 heteroatoms. The van der Waals surface area contributed by atoms with E-state index in [-0.39, 0.29) is 16.5 Å². The van der Waals surface area contributed by atoms with E-state index in [0.717, 1.165) is 6.07 Å². The van der Waals surface area contributed by atoms with Gasteiger partial charge in [0.1, 0.15) is 0 Å². The second kappa shape index (κ2) is 5.54. The van der Waals surface area contributed by atoms with E-state index in [2.05, 4.69) is 0 Å². The summed E-state index contributed by atoms with van der Waals surface area (Å²) in [6, 6.07) is 2.39. The third kappa shape index (κ3) is 2.55. The topological polar surface area (TPSA) is 53.7 Å². The Hall–Kier alpha value is -1.93. The quantitative estimate of drug-likeness (QED) is 0.510. The lowest BCUT2D eigenvalue weighted by molar-refractivity contribution is 0.00578.